The number of rotatable bonds is 6. The van der Waals surface area contributed by atoms with Crippen molar-refractivity contribution in [2.75, 3.05) is 11.9 Å². The van der Waals surface area contributed by atoms with Crippen LogP contribution >= 0.6 is 11.6 Å². The Balaban J connectivity index is 1.41. The number of amides is 1. The number of halogens is 3. The molecule has 0 saturated heterocycles. The van der Waals surface area contributed by atoms with E-state index in [2.05, 4.69) is 4.98 Å². The first-order valence-corrected chi connectivity index (χ1v) is 9.92. The van der Waals surface area contributed by atoms with E-state index >= 15 is 0 Å². The Hall–Kier alpha value is -3.65. The van der Waals surface area contributed by atoms with Gasteiger partial charge in [0, 0.05) is 18.1 Å². The molecule has 1 heterocycles. The summed E-state index contributed by atoms with van der Waals surface area (Å²) in [7, 11) is 1.29. The highest BCUT2D eigenvalue weighted by atomic mass is 35.5. The average molecular weight is 459 g/mol. The second-order valence-electron chi connectivity index (χ2n) is 6.89. The highest BCUT2D eigenvalue weighted by Gasteiger charge is 2.25. The summed E-state index contributed by atoms with van der Waals surface area (Å²) >= 11 is 5.93. The third kappa shape index (κ3) is 4.50. The number of carbonyl (C=O) groups excluding carboxylic acids is 1. The molecule has 0 saturated carbocycles. The summed E-state index contributed by atoms with van der Waals surface area (Å²) in [4.78, 5) is 17.7. The lowest BCUT2D eigenvalue weighted by Crippen LogP contribution is -2.38. The van der Waals surface area contributed by atoms with Crippen LogP contribution in [0.15, 0.2) is 65.1 Å². The number of likely N-dealkylation sites (N-methyl/N-ethyl adjacent to an activating group) is 1. The fourth-order valence-electron chi connectivity index (χ4n) is 3.05. The van der Waals surface area contributed by atoms with Gasteiger partial charge in [-0.2, -0.15) is 4.98 Å². The van der Waals surface area contributed by atoms with Gasteiger partial charge in [-0.3, -0.25) is 4.79 Å². The van der Waals surface area contributed by atoms with E-state index in [4.69, 9.17) is 25.5 Å². The summed E-state index contributed by atoms with van der Waals surface area (Å²) < 4.78 is 44.6. The van der Waals surface area contributed by atoms with Gasteiger partial charge in [0.1, 0.15) is 34.3 Å². The third-order valence-electron chi connectivity index (χ3n) is 4.62. The molecule has 6 nitrogen and oxygen atoms in total. The Bertz CT molecular complexity index is 1260. The maximum absolute atomic E-state index is 14.0. The largest absolute Gasteiger partial charge is 0.481 e. The molecule has 1 atom stereocenters. The number of para-hydroxylation sites is 1. The number of fused-ring (bicyclic) bond motifs is 1. The van der Waals surface area contributed by atoms with E-state index in [0.29, 0.717) is 27.6 Å². The zero-order valence-corrected chi connectivity index (χ0v) is 17.8. The Morgan fingerprint density at radius 1 is 1.06 bits per heavy atom. The molecule has 0 radical (unpaired) electrons. The number of aromatic nitrogens is 1. The van der Waals surface area contributed by atoms with E-state index in [1.807, 2.05) is 0 Å². The Kier molecular flexibility index (Phi) is 5.96. The second kappa shape index (κ2) is 8.84. The van der Waals surface area contributed by atoms with Crippen LogP contribution in [0.2, 0.25) is 5.02 Å². The highest BCUT2D eigenvalue weighted by Crippen LogP contribution is 2.29. The van der Waals surface area contributed by atoms with Gasteiger partial charge in [-0.15, -0.1) is 0 Å². The number of nitrogens with zero attached hydrogens (tertiary/aromatic N) is 2. The maximum atomic E-state index is 14.0. The van der Waals surface area contributed by atoms with Gasteiger partial charge in [0.05, 0.1) is 0 Å². The fraction of sp³-hybridized carbons (Fsp3) is 0.130. The first-order chi connectivity index (χ1) is 15.3. The van der Waals surface area contributed by atoms with Crippen molar-refractivity contribution >= 4 is 34.3 Å². The first kappa shape index (κ1) is 21.6. The topological polar surface area (TPSA) is 64.8 Å². The number of anilines is 1. The van der Waals surface area contributed by atoms with Crippen LogP contribution in [0.4, 0.5) is 14.5 Å². The van der Waals surface area contributed by atoms with E-state index in [1.54, 1.807) is 42.5 Å². The van der Waals surface area contributed by atoms with Gasteiger partial charge in [-0.25, -0.2) is 8.78 Å². The van der Waals surface area contributed by atoms with Crippen molar-refractivity contribution in [1.82, 2.24) is 4.98 Å². The molecule has 0 aliphatic rings. The van der Waals surface area contributed by atoms with Crippen molar-refractivity contribution in [1.29, 1.82) is 0 Å². The smallest absolute Gasteiger partial charge is 0.400 e. The zero-order valence-electron chi connectivity index (χ0n) is 17.0. The standard InChI is InChI=1S/C23H17ClF2N2O4/c1-13(22(29)28(2)21-17(25)4-3-5-18(21)26)30-15-7-9-16(10-8-15)31-23-27-19-11-6-14(24)12-20(19)32-23/h3-13H,1-2H3. The molecule has 1 aromatic heterocycles. The zero-order chi connectivity index (χ0) is 22.8. The van der Waals surface area contributed by atoms with E-state index < -0.39 is 29.3 Å². The number of carbonyl (C=O) groups is 1. The Morgan fingerprint density at radius 3 is 2.41 bits per heavy atom. The minimum Gasteiger partial charge on any atom is -0.481 e. The van der Waals surface area contributed by atoms with Crippen LogP contribution in [0.25, 0.3) is 11.1 Å². The third-order valence-corrected chi connectivity index (χ3v) is 4.86. The number of ether oxygens (including phenoxy) is 2. The summed E-state index contributed by atoms with van der Waals surface area (Å²) in [5, 5.41) is 0.522. The predicted molar refractivity (Wildman–Crippen MR) is 115 cm³/mol. The molecule has 32 heavy (non-hydrogen) atoms. The summed E-state index contributed by atoms with van der Waals surface area (Å²) in [5.74, 6) is -1.49. The van der Waals surface area contributed by atoms with E-state index in [-0.39, 0.29) is 6.08 Å². The van der Waals surface area contributed by atoms with Crippen molar-refractivity contribution in [3.05, 3.63) is 77.3 Å². The highest BCUT2D eigenvalue weighted by molar-refractivity contribution is 6.31. The Labute approximate surface area is 186 Å². The molecule has 9 heteroatoms. The average Bonchev–Trinajstić information content (AvgIpc) is 3.15. The molecule has 0 aliphatic carbocycles. The van der Waals surface area contributed by atoms with Gasteiger partial charge in [-0.1, -0.05) is 17.7 Å². The minimum atomic E-state index is -0.993. The van der Waals surface area contributed by atoms with Gasteiger partial charge in [0.2, 0.25) is 0 Å². The van der Waals surface area contributed by atoms with Gasteiger partial charge < -0.3 is 18.8 Å². The molecule has 0 N–H and O–H groups in total. The number of hydrogen-bond acceptors (Lipinski definition) is 5. The van der Waals surface area contributed by atoms with Crippen molar-refractivity contribution in [2.24, 2.45) is 0 Å². The molecule has 0 fully saturated rings. The van der Waals surface area contributed by atoms with Crippen LogP contribution in [-0.2, 0) is 4.79 Å². The number of hydrogen-bond donors (Lipinski definition) is 0. The minimum absolute atomic E-state index is 0.0491. The lowest BCUT2D eigenvalue weighted by atomic mass is 10.2. The summed E-state index contributed by atoms with van der Waals surface area (Å²) in [6.45, 7) is 1.49. The molecule has 3 aromatic carbocycles. The van der Waals surface area contributed by atoms with Crippen molar-refractivity contribution in [3.63, 3.8) is 0 Å². The molecular formula is C23H17ClF2N2O4. The number of oxazole rings is 1. The van der Waals surface area contributed by atoms with E-state index in [1.165, 1.54) is 20.0 Å². The molecule has 4 rings (SSSR count). The molecule has 4 aromatic rings. The normalized spacial score (nSPS) is 11.9. The lowest BCUT2D eigenvalue weighted by molar-refractivity contribution is -0.124. The lowest BCUT2D eigenvalue weighted by Gasteiger charge is -2.23. The monoisotopic (exact) mass is 458 g/mol. The number of benzene rings is 3. The van der Waals surface area contributed by atoms with Crippen molar-refractivity contribution in [2.45, 2.75) is 13.0 Å². The van der Waals surface area contributed by atoms with Crippen molar-refractivity contribution in [3.8, 4) is 17.6 Å². The first-order valence-electron chi connectivity index (χ1n) is 9.54. The van der Waals surface area contributed by atoms with Crippen LogP contribution < -0.4 is 14.4 Å². The van der Waals surface area contributed by atoms with Crippen LogP contribution in [-0.4, -0.2) is 24.0 Å². The SMILES string of the molecule is CC(Oc1ccc(Oc2nc3ccc(Cl)cc3o2)cc1)C(=O)N(C)c1c(F)cccc1F. The van der Waals surface area contributed by atoms with E-state index in [0.717, 1.165) is 17.0 Å². The molecule has 1 unspecified atom stereocenters. The van der Waals surface area contributed by atoms with Gasteiger partial charge in [-0.05, 0) is 55.5 Å². The summed E-state index contributed by atoms with van der Waals surface area (Å²) in [6.07, 6.45) is -0.944. The quantitative estimate of drug-likeness (QED) is 0.355. The molecule has 0 spiro atoms. The summed E-state index contributed by atoms with van der Waals surface area (Å²) in [5.41, 5.74) is 0.665. The molecular weight excluding hydrogens is 442 g/mol. The van der Waals surface area contributed by atoms with Crippen LogP contribution in [0.3, 0.4) is 0 Å². The predicted octanol–water partition coefficient (Wildman–Crippen LogP) is 5.98. The molecule has 164 valence electrons. The van der Waals surface area contributed by atoms with Gasteiger partial charge in [0.25, 0.3) is 5.91 Å². The van der Waals surface area contributed by atoms with Crippen LogP contribution in [0.1, 0.15) is 6.92 Å². The van der Waals surface area contributed by atoms with Crippen LogP contribution in [0.5, 0.6) is 17.6 Å². The Morgan fingerprint density at radius 2 is 1.72 bits per heavy atom. The second-order valence-corrected chi connectivity index (χ2v) is 7.33. The summed E-state index contributed by atoms with van der Waals surface area (Å²) in [6, 6.07) is 14.8. The fourth-order valence-corrected chi connectivity index (χ4v) is 3.22. The van der Waals surface area contributed by atoms with Gasteiger partial charge in [0.15, 0.2) is 11.7 Å². The molecule has 0 aliphatic heterocycles. The van der Waals surface area contributed by atoms with Gasteiger partial charge >= 0.3 is 6.08 Å². The van der Waals surface area contributed by atoms with Crippen molar-refractivity contribution < 1.29 is 27.5 Å². The van der Waals surface area contributed by atoms with Crippen LogP contribution in [0, 0.1) is 11.6 Å². The van der Waals surface area contributed by atoms with E-state index in [9.17, 15) is 13.6 Å². The molecule has 1 amide bonds. The maximum Gasteiger partial charge on any atom is 0.400 e. The molecule has 0 bridgehead atoms.